The minimum absolute atomic E-state index is 0.106. The Labute approximate surface area is 143 Å². The van der Waals surface area contributed by atoms with Gasteiger partial charge in [-0.2, -0.15) is 0 Å². The number of fused-ring (bicyclic) bond motifs is 1. The zero-order valence-corrected chi connectivity index (χ0v) is 15.1. The number of rotatable bonds is 4. The second kappa shape index (κ2) is 6.33. The fourth-order valence-corrected chi connectivity index (χ4v) is 3.83. The normalized spacial score (nSPS) is 11.3. The van der Waals surface area contributed by atoms with Gasteiger partial charge in [0.25, 0.3) is 5.91 Å². The summed E-state index contributed by atoms with van der Waals surface area (Å²) in [5, 5.41) is 11.4. The summed E-state index contributed by atoms with van der Waals surface area (Å²) in [6.45, 7) is 6.08. The molecule has 120 valence electrons. The number of benzene rings is 1. The lowest BCUT2D eigenvalue weighted by atomic mass is 10.2. The van der Waals surface area contributed by atoms with Gasteiger partial charge in [0.05, 0.1) is 0 Å². The van der Waals surface area contributed by atoms with Crippen molar-refractivity contribution in [3.05, 3.63) is 40.7 Å². The number of nitrogens with zero attached hydrogens (tertiary/aromatic N) is 3. The summed E-state index contributed by atoms with van der Waals surface area (Å²) in [7, 11) is 0. The average molecular weight is 346 g/mol. The first-order valence-corrected chi connectivity index (χ1v) is 9.35. The Hall–Kier alpha value is -1.86. The Morgan fingerprint density at radius 1 is 1.35 bits per heavy atom. The van der Waals surface area contributed by atoms with E-state index in [-0.39, 0.29) is 11.8 Å². The van der Waals surface area contributed by atoms with E-state index in [1.807, 2.05) is 41.8 Å². The van der Waals surface area contributed by atoms with E-state index in [0.29, 0.717) is 4.88 Å². The van der Waals surface area contributed by atoms with Gasteiger partial charge in [0.1, 0.15) is 10.7 Å². The lowest BCUT2D eigenvalue weighted by Gasteiger charge is -2.06. The van der Waals surface area contributed by atoms with Crippen LogP contribution in [0.2, 0.25) is 0 Å². The summed E-state index contributed by atoms with van der Waals surface area (Å²) in [5.41, 5.74) is 1.69. The maximum atomic E-state index is 12.6. The number of hydrogen-bond acceptors (Lipinski definition) is 5. The van der Waals surface area contributed by atoms with Crippen LogP contribution in [0.5, 0.6) is 0 Å². The van der Waals surface area contributed by atoms with E-state index in [1.54, 1.807) is 11.8 Å². The molecule has 0 aliphatic carbocycles. The predicted molar refractivity (Wildman–Crippen MR) is 95.9 cm³/mol. The van der Waals surface area contributed by atoms with Crippen LogP contribution in [0, 0.1) is 6.92 Å². The Balaban J connectivity index is 1.93. The van der Waals surface area contributed by atoms with Crippen molar-refractivity contribution in [2.75, 3.05) is 11.6 Å². The number of thiazole rings is 1. The SMILES string of the molecule is CSc1cccc(NC(=O)c2sc3nnc(C(C)C)n3c2C)c1. The maximum Gasteiger partial charge on any atom is 0.267 e. The van der Waals surface area contributed by atoms with Gasteiger partial charge < -0.3 is 5.32 Å². The molecule has 0 spiro atoms. The number of carbonyl (C=O) groups excluding carboxylic acids is 1. The molecule has 0 saturated heterocycles. The van der Waals surface area contributed by atoms with Gasteiger partial charge in [-0.3, -0.25) is 9.20 Å². The summed E-state index contributed by atoms with van der Waals surface area (Å²) in [6, 6.07) is 7.83. The molecule has 7 heteroatoms. The molecule has 2 aromatic heterocycles. The van der Waals surface area contributed by atoms with Crippen LogP contribution in [0.3, 0.4) is 0 Å². The number of nitrogens with one attached hydrogen (secondary N) is 1. The first kappa shape index (κ1) is 16.0. The van der Waals surface area contributed by atoms with Crippen LogP contribution < -0.4 is 5.32 Å². The van der Waals surface area contributed by atoms with Gasteiger partial charge in [-0.1, -0.05) is 31.3 Å². The van der Waals surface area contributed by atoms with Crippen molar-refractivity contribution in [2.24, 2.45) is 0 Å². The zero-order chi connectivity index (χ0) is 16.6. The van der Waals surface area contributed by atoms with Crippen molar-refractivity contribution in [3.8, 4) is 0 Å². The van der Waals surface area contributed by atoms with E-state index in [4.69, 9.17) is 0 Å². The smallest absolute Gasteiger partial charge is 0.267 e. The second-order valence-corrected chi connectivity index (χ2v) is 7.39. The van der Waals surface area contributed by atoms with E-state index >= 15 is 0 Å². The van der Waals surface area contributed by atoms with Gasteiger partial charge in [0.2, 0.25) is 4.96 Å². The van der Waals surface area contributed by atoms with Gasteiger partial charge in [-0.05, 0) is 31.4 Å². The number of anilines is 1. The van der Waals surface area contributed by atoms with Crippen molar-refractivity contribution < 1.29 is 4.79 Å². The molecule has 0 unspecified atom stereocenters. The van der Waals surface area contributed by atoms with Crippen molar-refractivity contribution in [3.63, 3.8) is 0 Å². The van der Waals surface area contributed by atoms with Gasteiger partial charge >= 0.3 is 0 Å². The molecule has 5 nitrogen and oxygen atoms in total. The molecule has 3 rings (SSSR count). The van der Waals surface area contributed by atoms with Crippen molar-refractivity contribution >= 4 is 39.7 Å². The molecule has 23 heavy (non-hydrogen) atoms. The molecule has 0 saturated carbocycles. The fraction of sp³-hybridized carbons (Fsp3) is 0.312. The first-order valence-electron chi connectivity index (χ1n) is 7.31. The minimum atomic E-state index is -0.106. The largest absolute Gasteiger partial charge is 0.321 e. The second-order valence-electron chi connectivity index (χ2n) is 5.53. The summed E-state index contributed by atoms with van der Waals surface area (Å²) >= 11 is 3.02. The molecule has 1 amide bonds. The Morgan fingerprint density at radius 2 is 2.13 bits per heavy atom. The van der Waals surface area contributed by atoms with E-state index in [9.17, 15) is 4.79 Å². The van der Waals surface area contributed by atoms with Gasteiger partial charge in [0.15, 0.2) is 0 Å². The standard InChI is InChI=1S/C16H18N4OS2/c1-9(2)14-18-19-16-20(14)10(3)13(23-16)15(21)17-11-6-5-7-12(8-11)22-4/h5-9H,1-4H3,(H,17,21). The molecule has 0 radical (unpaired) electrons. The van der Waals surface area contributed by atoms with Crippen LogP contribution in [0.15, 0.2) is 29.2 Å². The lowest BCUT2D eigenvalue weighted by molar-refractivity contribution is 0.102. The summed E-state index contributed by atoms with van der Waals surface area (Å²) in [4.78, 5) is 15.2. The highest BCUT2D eigenvalue weighted by Crippen LogP contribution is 2.27. The number of aryl methyl sites for hydroxylation is 1. The monoisotopic (exact) mass is 346 g/mol. The molecular weight excluding hydrogens is 328 g/mol. The number of amides is 1. The third kappa shape index (κ3) is 2.98. The Kier molecular flexibility index (Phi) is 4.41. The Bertz CT molecular complexity index is 866. The summed E-state index contributed by atoms with van der Waals surface area (Å²) in [6.07, 6.45) is 2.01. The fourth-order valence-electron chi connectivity index (χ4n) is 2.40. The molecule has 2 heterocycles. The summed E-state index contributed by atoms with van der Waals surface area (Å²) in [5.74, 6) is 1.04. The highest BCUT2D eigenvalue weighted by atomic mass is 32.2. The molecule has 0 atom stereocenters. The topological polar surface area (TPSA) is 59.3 Å². The van der Waals surface area contributed by atoms with Crippen molar-refractivity contribution in [2.45, 2.75) is 31.6 Å². The van der Waals surface area contributed by atoms with Gasteiger partial charge in [-0.15, -0.1) is 22.0 Å². The molecule has 1 aromatic carbocycles. The van der Waals surface area contributed by atoms with Crippen LogP contribution in [0.25, 0.3) is 4.96 Å². The molecule has 1 N–H and O–H groups in total. The average Bonchev–Trinajstić information content (AvgIpc) is 3.08. The minimum Gasteiger partial charge on any atom is -0.321 e. The van der Waals surface area contributed by atoms with Crippen LogP contribution >= 0.6 is 23.1 Å². The predicted octanol–water partition coefficient (Wildman–Crippen LogP) is 4.20. The molecule has 0 fully saturated rings. The number of aromatic nitrogens is 3. The number of thioether (sulfide) groups is 1. The third-order valence-electron chi connectivity index (χ3n) is 3.57. The molecular formula is C16H18N4OS2. The van der Waals surface area contributed by atoms with Crippen molar-refractivity contribution in [1.82, 2.24) is 14.6 Å². The highest BCUT2D eigenvalue weighted by molar-refractivity contribution is 7.98. The first-order chi connectivity index (χ1) is 11.0. The molecule has 0 bridgehead atoms. The van der Waals surface area contributed by atoms with E-state index in [2.05, 4.69) is 29.4 Å². The number of hydrogen-bond donors (Lipinski definition) is 1. The van der Waals surface area contributed by atoms with E-state index in [1.165, 1.54) is 11.3 Å². The van der Waals surface area contributed by atoms with E-state index in [0.717, 1.165) is 27.1 Å². The van der Waals surface area contributed by atoms with Gasteiger partial charge in [-0.25, -0.2) is 0 Å². The molecule has 0 aliphatic rings. The van der Waals surface area contributed by atoms with Crippen LogP contribution in [0.1, 0.15) is 41.0 Å². The van der Waals surface area contributed by atoms with Crippen LogP contribution in [-0.2, 0) is 0 Å². The molecule has 3 aromatic rings. The zero-order valence-electron chi connectivity index (χ0n) is 13.5. The Morgan fingerprint density at radius 3 is 2.83 bits per heavy atom. The highest BCUT2D eigenvalue weighted by Gasteiger charge is 2.21. The summed E-state index contributed by atoms with van der Waals surface area (Å²) < 4.78 is 1.97. The lowest BCUT2D eigenvalue weighted by Crippen LogP contribution is -2.12. The quantitative estimate of drug-likeness (QED) is 0.719. The number of carbonyl (C=O) groups is 1. The van der Waals surface area contributed by atoms with Gasteiger partial charge in [0, 0.05) is 22.2 Å². The maximum absolute atomic E-state index is 12.6. The van der Waals surface area contributed by atoms with E-state index < -0.39 is 0 Å². The third-order valence-corrected chi connectivity index (χ3v) is 5.42. The molecule has 0 aliphatic heterocycles. The van der Waals surface area contributed by atoms with Crippen LogP contribution in [-0.4, -0.2) is 26.8 Å². The van der Waals surface area contributed by atoms with Crippen LogP contribution in [0.4, 0.5) is 5.69 Å². The van der Waals surface area contributed by atoms with Crippen molar-refractivity contribution in [1.29, 1.82) is 0 Å².